The quantitative estimate of drug-likeness (QED) is 0.435. The molecule has 0 bridgehead atoms. The number of halogens is 1. The van der Waals surface area contributed by atoms with Gasteiger partial charge in [-0.25, -0.2) is 4.63 Å². The molecule has 0 atom stereocenters. The highest BCUT2D eigenvalue weighted by molar-refractivity contribution is 9.10. The van der Waals surface area contributed by atoms with Gasteiger partial charge in [-0.3, -0.25) is 0 Å². The summed E-state index contributed by atoms with van der Waals surface area (Å²) in [5.41, 5.74) is 11.6. The van der Waals surface area contributed by atoms with Gasteiger partial charge in [-0.2, -0.15) is 5.10 Å². The lowest BCUT2D eigenvalue weighted by Gasteiger charge is -1.97. The minimum atomic E-state index is -0.0375. The van der Waals surface area contributed by atoms with Gasteiger partial charge in [0.15, 0.2) is 17.3 Å². The zero-order valence-electron chi connectivity index (χ0n) is 9.49. The minimum Gasteiger partial charge on any atom is -0.507 e. The summed E-state index contributed by atoms with van der Waals surface area (Å²) in [6, 6.07) is 4.90. The van der Waals surface area contributed by atoms with Gasteiger partial charge in [0.1, 0.15) is 5.75 Å². The Morgan fingerprint density at radius 1 is 1.42 bits per heavy atom. The average molecular weight is 325 g/mol. The molecule has 19 heavy (non-hydrogen) atoms. The van der Waals surface area contributed by atoms with E-state index in [9.17, 15) is 5.11 Å². The highest BCUT2D eigenvalue weighted by Gasteiger charge is 2.09. The number of rotatable bonds is 3. The first kappa shape index (κ1) is 13.0. The number of anilines is 1. The third-order valence-electron chi connectivity index (χ3n) is 2.11. The Morgan fingerprint density at radius 3 is 2.89 bits per heavy atom. The molecule has 1 heterocycles. The molecule has 0 aliphatic heterocycles. The van der Waals surface area contributed by atoms with E-state index in [4.69, 9.17) is 11.5 Å². The fourth-order valence-corrected chi connectivity index (χ4v) is 1.58. The summed E-state index contributed by atoms with van der Waals surface area (Å²) >= 11 is 3.28. The standard InChI is InChI=1S/C10H9BrN6O2/c11-6-1-2-7(18)5(3-6)4-14-15-9(12)8-10(13)17-19-16-8/h1-4,18H,(H2,12,15)(H2,13,17)/b14-4-. The highest BCUT2D eigenvalue weighted by atomic mass is 79.9. The number of phenolic OH excluding ortho intramolecular Hbond substituents is 1. The molecule has 0 unspecified atom stereocenters. The van der Waals surface area contributed by atoms with Crippen molar-refractivity contribution in [3.05, 3.63) is 33.9 Å². The number of phenols is 1. The van der Waals surface area contributed by atoms with Crippen LogP contribution in [0.3, 0.4) is 0 Å². The van der Waals surface area contributed by atoms with Crippen LogP contribution in [-0.4, -0.2) is 27.5 Å². The fraction of sp³-hybridized carbons (Fsp3) is 0. The predicted octanol–water partition coefficient (Wildman–Crippen LogP) is 0.859. The molecule has 0 aliphatic carbocycles. The molecule has 0 saturated carbocycles. The summed E-state index contributed by atoms with van der Waals surface area (Å²) in [4.78, 5) is 0. The molecule has 0 spiro atoms. The number of hydrogen-bond donors (Lipinski definition) is 3. The van der Waals surface area contributed by atoms with E-state index in [1.54, 1.807) is 12.1 Å². The predicted molar refractivity (Wildman–Crippen MR) is 72.8 cm³/mol. The van der Waals surface area contributed by atoms with Crippen LogP contribution in [0.5, 0.6) is 5.75 Å². The molecule has 8 nitrogen and oxygen atoms in total. The number of nitrogen functional groups attached to an aromatic ring is 1. The van der Waals surface area contributed by atoms with Gasteiger partial charge in [0.2, 0.25) is 0 Å². The number of amidine groups is 1. The summed E-state index contributed by atoms with van der Waals surface area (Å²) in [5, 5.41) is 23.8. The minimum absolute atomic E-state index is 0.0294. The maximum atomic E-state index is 9.58. The first-order valence-corrected chi connectivity index (χ1v) is 5.80. The molecule has 2 aromatic rings. The molecule has 98 valence electrons. The second-order valence-electron chi connectivity index (χ2n) is 3.43. The molecule has 2 rings (SSSR count). The van der Waals surface area contributed by atoms with Crippen LogP contribution in [0, 0.1) is 0 Å². The van der Waals surface area contributed by atoms with E-state index in [0.717, 1.165) is 4.47 Å². The van der Waals surface area contributed by atoms with Gasteiger partial charge in [0.25, 0.3) is 0 Å². The van der Waals surface area contributed by atoms with Crippen LogP contribution in [0.25, 0.3) is 0 Å². The topological polar surface area (TPSA) is 136 Å². The third-order valence-corrected chi connectivity index (χ3v) is 2.60. The molecule has 0 aliphatic rings. The lowest BCUT2D eigenvalue weighted by atomic mass is 10.2. The molecule has 0 fully saturated rings. The van der Waals surface area contributed by atoms with Gasteiger partial charge in [-0.15, -0.1) is 5.10 Å². The smallest absolute Gasteiger partial charge is 0.199 e. The van der Waals surface area contributed by atoms with Crippen molar-refractivity contribution in [3.63, 3.8) is 0 Å². The number of aromatic hydroxyl groups is 1. The number of aromatic nitrogens is 2. The van der Waals surface area contributed by atoms with Gasteiger partial charge in [-0.05, 0) is 28.5 Å². The Morgan fingerprint density at radius 2 is 2.21 bits per heavy atom. The van der Waals surface area contributed by atoms with Crippen molar-refractivity contribution < 1.29 is 9.74 Å². The van der Waals surface area contributed by atoms with Crippen LogP contribution in [0.1, 0.15) is 11.3 Å². The molecular formula is C10H9BrN6O2. The van der Waals surface area contributed by atoms with Gasteiger partial charge in [0, 0.05) is 10.0 Å². The van der Waals surface area contributed by atoms with Crippen LogP contribution in [0.2, 0.25) is 0 Å². The number of nitrogens with zero attached hydrogens (tertiary/aromatic N) is 4. The second kappa shape index (κ2) is 5.48. The van der Waals surface area contributed by atoms with Crippen LogP contribution in [-0.2, 0) is 0 Å². The Balaban J connectivity index is 2.20. The van der Waals surface area contributed by atoms with E-state index in [-0.39, 0.29) is 23.1 Å². The van der Waals surface area contributed by atoms with Crippen molar-refractivity contribution in [1.29, 1.82) is 0 Å². The zero-order chi connectivity index (χ0) is 13.8. The third kappa shape index (κ3) is 3.07. The summed E-state index contributed by atoms with van der Waals surface area (Å²) in [6.07, 6.45) is 1.34. The molecule has 0 amide bonds. The zero-order valence-corrected chi connectivity index (χ0v) is 11.1. The Hall–Kier alpha value is -2.42. The van der Waals surface area contributed by atoms with E-state index in [2.05, 4.69) is 41.1 Å². The monoisotopic (exact) mass is 324 g/mol. The van der Waals surface area contributed by atoms with E-state index in [1.807, 2.05) is 0 Å². The Kier molecular flexibility index (Phi) is 3.76. The molecule has 9 heteroatoms. The number of hydrogen-bond acceptors (Lipinski definition) is 7. The van der Waals surface area contributed by atoms with Crippen LogP contribution in [0.4, 0.5) is 5.82 Å². The second-order valence-corrected chi connectivity index (χ2v) is 4.35. The van der Waals surface area contributed by atoms with Crippen LogP contribution < -0.4 is 11.5 Å². The number of nitrogens with two attached hydrogens (primary N) is 2. The summed E-state index contributed by atoms with van der Waals surface area (Å²) in [6.45, 7) is 0. The van der Waals surface area contributed by atoms with Crippen LogP contribution in [0.15, 0.2) is 37.5 Å². The fourth-order valence-electron chi connectivity index (χ4n) is 1.20. The molecular weight excluding hydrogens is 316 g/mol. The average Bonchev–Trinajstić information content (AvgIpc) is 2.80. The van der Waals surface area contributed by atoms with E-state index in [1.165, 1.54) is 12.3 Å². The molecule has 1 aromatic heterocycles. The number of benzene rings is 1. The summed E-state index contributed by atoms with van der Waals surface area (Å²) in [5.74, 6) is 0.0644. The Labute approximate surface area is 115 Å². The first-order valence-electron chi connectivity index (χ1n) is 5.01. The maximum absolute atomic E-state index is 9.58. The van der Waals surface area contributed by atoms with Crippen molar-refractivity contribution >= 4 is 33.8 Å². The maximum Gasteiger partial charge on any atom is 0.199 e. The van der Waals surface area contributed by atoms with Crippen molar-refractivity contribution in [2.24, 2.45) is 15.9 Å². The van der Waals surface area contributed by atoms with E-state index >= 15 is 0 Å². The SMILES string of the molecule is NC(=N/N=C\c1cc(Br)ccc1O)c1nonc1N. The summed E-state index contributed by atoms with van der Waals surface area (Å²) in [7, 11) is 0. The van der Waals surface area contributed by atoms with E-state index in [0.29, 0.717) is 5.56 Å². The Bertz CT molecular complexity index is 651. The van der Waals surface area contributed by atoms with Crippen molar-refractivity contribution in [3.8, 4) is 5.75 Å². The van der Waals surface area contributed by atoms with Gasteiger partial charge in [-0.1, -0.05) is 15.9 Å². The summed E-state index contributed by atoms with van der Waals surface area (Å²) < 4.78 is 5.18. The van der Waals surface area contributed by atoms with Crippen molar-refractivity contribution in [2.75, 3.05) is 5.73 Å². The van der Waals surface area contributed by atoms with E-state index < -0.39 is 0 Å². The lowest BCUT2D eigenvalue weighted by molar-refractivity contribution is 0.308. The van der Waals surface area contributed by atoms with Crippen molar-refractivity contribution in [2.45, 2.75) is 0 Å². The normalized spacial score (nSPS) is 12.2. The molecule has 1 aromatic carbocycles. The van der Waals surface area contributed by atoms with Gasteiger partial charge in [0.05, 0.1) is 6.21 Å². The lowest BCUT2D eigenvalue weighted by Crippen LogP contribution is -2.15. The molecule has 0 radical (unpaired) electrons. The molecule has 0 saturated heterocycles. The van der Waals surface area contributed by atoms with Gasteiger partial charge < -0.3 is 16.6 Å². The highest BCUT2D eigenvalue weighted by Crippen LogP contribution is 2.20. The van der Waals surface area contributed by atoms with Gasteiger partial charge >= 0.3 is 0 Å². The first-order chi connectivity index (χ1) is 9.08. The largest absolute Gasteiger partial charge is 0.507 e. The molecule has 5 N–H and O–H groups in total. The van der Waals surface area contributed by atoms with Crippen LogP contribution >= 0.6 is 15.9 Å². The van der Waals surface area contributed by atoms with Crippen molar-refractivity contribution in [1.82, 2.24) is 10.3 Å².